The number of hydrogen-bond donors (Lipinski definition) is 2. The van der Waals surface area contributed by atoms with E-state index in [1.807, 2.05) is 0 Å². The second-order valence-corrected chi connectivity index (χ2v) is 4.57. The number of amides is 1. The normalized spacial score (nSPS) is 28.2. The number of nitrogens with one attached hydrogen (secondary N) is 1. The summed E-state index contributed by atoms with van der Waals surface area (Å²) >= 11 is 0. The van der Waals surface area contributed by atoms with E-state index in [-0.39, 0.29) is 6.61 Å². The average Bonchev–Trinajstić information content (AvgIpc) is 2.26. The summed E-state index contributed by atoms with van der Waals surface area (Å²) in [6.45, 7) is 5.33. The van der Waals surface area contributed by atoms with Crippen LogP contribution in [0.15, 0.2) is 12.7 Å². The molecule has 0 radical (unpaired) electrons. The van der Waals surface area contributed by atoms with Gasteiger partial charge in [0.25, 0.3) is 0 Å². The largest absolute Gasteiger partial charge is 0.481 e. The highest BCUT2D eigenvalue weighted by Crippen LogP contribution is 2.33. The van der Waals surface area contributed by atoms with Crippen molar-refractivity contribution in [2.24, 2.45) is 5.92 Å². The maximum atomic E-state index is 11.5. The molecule has 0 bridgehead atoms. The first-order valence-electron chi connectivity index (χ1n) is 5.78. The Kier molecular flexibility index (Phi) is 4.54. The molecule has 2 atom stereocenters. The fraction of sp³-hybridized carbons (Fsp3) is 0.667. The standard InChI is InChI=1S/C12H19NO4/c1-3-8-17-11(16)13-12(2)7-5-4-6-9(12)10(14)15/h3,9H,1,4-8H2,2H3,(H,13,16)(H,14,15). The van der Waals surface area contributed by atoms with Crippen molar-refractivity contribution in [2.75, 3.05) is 6.61 Å². The van der Waals surface area contributed by atoms with Crippen molar-refractivity contribution in [2.45, 2.75) is 38.1 Å². The van der Waals surface area contributed by atoms with Crippen molar-refractivity contribution in [1.29, 1.82) is 0 Å². The van der Waals surface area contributed by atoms with E-state index in [0.29, 0.717) is 12.8 Å². The summed E-state index contributed by atoms with van der Waals surface area (Å²) in [5.74, 6) is -1.41. The number of carboxylic acids is 1. The molecule has 1 aliphatic rings. The first-order valence-corrected chi connectivity index (χ1v) is 5.78. The van der Waals surface area contributed by atoms with E-state index < -0.39 is 23.5 Å². The lowest BCUT2D eigenvalue weighted by atomic mass is 9.74. The van der Waals surface area contributed by atoms with Gasteiger partial charge in [-0.15, -0.1) is 0 Å². The molecule has 2 N–H and O–H groups in total. The number of carboxylic acid groups (broad SMARTS) is 1. The Balaban J connectivity index is 2.65. The average molecular weight is 241 g/mol. The maximum Gasteiger partial charge on any atom is 0.407 e. The van der Waals surface area contributed by atoms with Crippen molar-refractivity contribution in [3.05, 3.63) is 12.7 Å². The lowest BCUT2D eigenvalue weighted by Crippen LogP contribution is -2.55. The first kappa shape index (κ1) is 13.5. The minimum Gasteiger partial charge on any atom is -0.481 e. The van der Waals surface area contributed by atoms with Gasteiger partial charge in [-0.3, -0.25) is 4.79 Å². The number of aliphatic carboxylic acids is 1. The van der Waals surface area contributed by atoms with Gasteiger partial charge in [-0.2, -0.15) is 0 Å². The van der Waals surface area contributed by atoms with Gasteiger partial charge in [0.15, 0.2) is 0 Å². The molecule has 1 rings (SSSR count). The van der Waals surface area contributed by atoms with Crippen molar-refractivity contribution in [3.8, 4) is 0 Å². The Morgan fingerprint density at radius 1 is 1.59 bits per heavy atom. The highest BCUT2D eigenvalue weighted by atomic mass is 16.5. The smallest absolute Gasteiger partial charge is 0.407 e. The Hall–Kier alpha value is -1.52. The van der Waals surface area contributed by atoms with E-state index in [1.54, 1.807) is 6.92 Å². The zero-order valence-corrected chi connectivity index (χ0v) is 10.1. The van der Waals surface area contributed by atoms with Gasteiger partial charge >= 0.3 is 12.1 Å². The maximum absolute atomic E-state index is 11.5. The quantitative estimate of drug-likeness (QED) is 0.737. The minimum atomic E-state index is -0.865. The van der Waals surface area contributed by atoms with Gasteiger partial charge in [0.1, 0.15) is 6.61 Å². The predicted octanol–water partition coefficient (Wildman–Crippen LogP) is 1.93. The molecule has 0 aromatic heterocycles. The Morgan fingerprint density at radius 3 is 2.88 bits per heavy atom. The highest BCUT2D eigenvalue weighted by molar-refractivity contribution is 5.75. The molecule has 0 aliphatic heterocycles. The molecule has 96 valence electrons. The van der Waals surface area contributed by atoms with E-state index in [0.717, 1.165) is 12.8 Å². The minimum absolute atomic E-state index is 0.125. The monoisotopic (exact) mass is 241 g/mol. The fourth-order valence-electron chi connectivity index (χ4n) is 2.28. The molecule has 0 aromatic carbocycles. The molecule has 5 nitrogen and oxygen atoms in total. The van der Waals surface area contributed by atoms with E-state index in [2.05, 4.69) is 11.9 Å². The Labute approximate surface area is 101 Å². The summed E-state index contributed by atoms with van der Waals surface area (Å²) in [4.78, 5) is 22.6. The Bertz CT molecular complexity index is 316. The molecule has 0 heterocycles. The van der Waals surface area contributed by atoms with E-state index in [4.69, 9.17) is 9.84 Å². The van der Waals surface area contributed by atoms with Crippen LogP contribution in [-0.2, 0) is 9.53 Å². The van der Waals surface area contributed by atoms with Crippen LogP contribution in [0.1, 0.15) is 32.6 Å². The number of rotatable bonds is 4. The summed E-state index contributed by atoms with van der Waals surface area (Å²) in [6.07, 6.45) is 3.94. The number of alkyl carbamates (subject to hydrolysis) is 1. The predicted molar refractivity (Wildman–Crippen MR) is 62.7 cm³/mol. The van der Waals surface area contributed by atoms with Gasteiger partial charge in [0.05, 0.1) is 11.5 Å². The van der Waals surface area contributed by atoms with Crippen LogP contribution in [0.4, 0.5) is 4.79 Å². The van der Waals surface area contributed by atoms with Crippen LogP contribution >= 0.6 is 0 Å². The zero-order chi connectivity index (χ0) is 12.9. The fourth-order valence-corrected chi connectivity index (χ4v) is 2.28. The van der Waals surface area contributed by atoms with Gasteiger partial charge < -0.3 is 15.2 Å². The number of carbonyl (C=O) groups excluding carboxylic acids is 1. The molecular weight excluding hydrogens is 222 g/mol. The lowest BCUT2D eigenvalue weighted by molar-refractivity contribution is -0.145. The van der Waals surface area contributed by atoms with Crippen LogP contribution < -0.4 is 5.32 Å². The van der Waals surface area contributed by atoms with Crippen molar-refractivity contribution >= 4 is 12.1 Å². The van der Waals surface area contributed by atoms with Crippen LogP contribution in [0.5, 0.6) is 0 Å². The van der Waals surface area contributed by atoms with Crippen LogP contribution in [-0.4, -0.2) is 29.3 Å². The van der Waals surface area contributed by atoms with E-state index in [1.165, 1.54) is 6.08 Å². The lowest BCUT2D eigenvalue weighted by Gasteiger charge is -2.39. The summed E-state index contributed by atoms with van der Waals surface area (Å²) in [7, 11) is 0. The Morgan fingerprint density at radius 2 is 2.29 bits per heavy atom. The first-order chi connectivity index (χ1) is 7.99. The van der Waals surface area contributed by atoms with E-state index >= 15 is 0 Å². The summed E-state index contributed by atoms with van der Waals surface area (Å²) < 4.78 is 4.83. The molecule has 0 aromatic rings. The van der Waals surface area contributed by atoms with Crippen molar-refractivity contribution in [1.82, 2.24) is 5.32 Å². The van der Waals surface area contributed by atoms with Crippen LogP contribution in [0.2, 0.25) is 0 Å². The van der Waals surface area contributed by atoms with Crippen LogP contribution in [0, 0.1) is 5.92 Å². The summed E-state index contributed by atoms with van der Waals surface area (Å²) in [5, 5.41) is 11.8. The third kappa shape index (κ3) is 3.47. The molecule has 1 saturated carbocycles. The highest BCUT2D eigenvalue weighted by Gasteiger charge is 2.42. The molecular formula is C12H19NO4. The third-order valence-corrected chi connectivity index (χ3v) is 3.23. The van der Waals surface area contributed by atoms with Crippen molar-refractivity contribution in [3.63, 3.8) is 0 Å². The number of ether oxygens (including phenoxy) is 1. The molecule has 1 fully saturated rings. The molecule has 5 heteroatoms. The van der Waals surface area contributed by atoms with Gasteiger partial charge in [-0.05, 0) is 19.8 Å². The molecule has 0 spiro atoms. The van der Waals surface area contributed by atoms with Gasteiger partial charge in [0, 0.05) is 0 Å². The second kappa shape index (κ2) is 5.70. The van der Waals surface area contributed by atoms with Gasteiger partial charge in [-0.25, -0.2) is 4.79 Å². The number of hydrogen-bond acceptors (Lipinski definition) is 3. The SMILES string of the molecule is C=CCOC(=O)NC1(C)CCCCC1C(=O)O. The molecule has 0 saturated heterocycles. The van der Waals surface area contributed by atoms with E-state index in [9.17, 15) is 9.59 Å². The molecule has 2 unspecified atom stereocenters. The van der Waals surface area contributed by atoms with Gasteiger partial charge in [-0.1, -0.05) is 25.5 Å². The molecule has 17 heavy (non-hydrogen) atoms. The summed E-state index contributed by atoms with van der Waals surface area (Å²) in [6, 6.07) is 0. The second-order valence-electron chi connectivity index (χ2n) is 4.57. The third-order valence-electron chi connectivity index (χ3n) is 3.23. The van der Waals surface area contributed by atoms with Gasteiger partial charge in [0.2, 0.25) is 0 Å². The zero-order valence-electron chi connectivity index (χ0n) is 10.1. The number of carbonyl (C=O) groups is 2. The topological polar surface area (TPSA) is 75.6 Å². The molecule has 1 amide bonds. The van der Waals surface area contributed by atoms with Crippen molar-refractivity contribution < 1.29 is 19.4 Å². The van der Waals surface area contributed by atoms with Crippen LogP contribution in [0.25, 0.3) is 0 Å². The summed E-state index contributed by atoms with van der Waals surface area (Å²) in [5.41, 5.74) is -0.720. The van der Waals surface area contributed by atoms with Crippen LogP contribution in [0.3, 0.4) is 0 Å². The molecule has 1 aliphatic carbocycles.